The lowest BCUT2D eigenvalue weighted by Crippen LogP contribution is -2.39. The van der Waals surface area contributed by atoms with E-state index in [1.54, 1.807) is 26.0 Å². The van der Waals surface area contributed by atoms with Crippen LogP contribution in [0.4, 0.5) is 0 Å². The molecule has 0 aliphatic heterocycles. The van der Waals surface area contributed by atoms with Crippen LogP contribution in [0.1, 0.15) is 31.9 Å². The summed E-state index contributed by atoms with van der Waals surface area (Å²) < 4.78 is 10.6. The highest BCUT2D eigenvalue weighted by atomic mass is 16.5. The summed E-state index contributed by atoms with van der Waals surface area (Å²) in [6.07, 6.45) is -0.613. The molecule has 132 valence electrons. The summed E-state index contributed by atoms with van der Waals surface area (Å²) in [5.74, 6) is -0.0258. The van der Waals surface area contributed by atoms with Crippen LogP contribution in [0.25, 0.3) is 0 Å². The van der Waals surface area contributed by atoms with Crippen LogP contribution in [-0.4, -0.2) is 24.6 Å². The largest absolute Gasteiger partial charge is 0.481 e. The SMILES string of the molecule is CCOC(=O)C[C@H](NC(=O)[C@@H](C)Oc1ccccc1)c1ccccc1. The lowest BCUT2D eigenvalue weighted by molar-refractivity contribution is -0.144. The number of rotatable bonds is 8. The molecule has 0 bridgehead atoms. The third-order valence-corrected chi connectivity index (χ3v) is 3.62. The fourth-order valence-corrected chi connectivity index (χ4v) is 2.37. The summed E-state index contributed by atoms with van der Waals surface area (Å²) in [6.45, 7) is 3.74. The fraction of sp³-hybridized carbons (Fsp3) is 0.300. The molecule has 2 aromatic rings. The first-order chi connectivity index (χ1) is 12.1. The van der Waals surface area contributed by atoms with Crippen molar-refractivity contribution in [1.29, 1.82) is 0 Å². The van der Waals surface area contributed by atoms with E-state index in [1.807, 2.05) is 48.5 Å². The van der Waals surface area contributed by atoms with Crippen molar-refractivity contribution in [3.8, 4) is 5.75 Å². The van der Waals surface area contributed by atoms with Gasteiger partial charge in [-0.25, -0.2) is 0 Å². The molecule has 0 spiro atoms. The van der Waals surface area contributed by atoms with Crippen molar-refractivity contribution < 1.29 is 19.1 Å². The molecule has 0 aliphatic carbocycles. The average Bonchev–Trinajstić information content (AvgIpc) is 2.63. The summed E-state index contributed by atoms with van der Waals surface area (Å²) in [5.41, 5.74) is 0.843. The van der Waals surface area contributed by atoms with Gasteiger partial charge >= 0.3 is 5.97 Å². The maximum atomic E-state index is 12.5. The zero-order valence-electron chi connectivity index (χ0n) is 14.5. The maximum absolute atomic E-state index is 12.5. The van der Waals surface area contributed by atoms with Gasteiger partial charge in [0.2, 0.25) is 0 Å². The Kier molecular flexibility index (Phi) is 7.01. The molecule has 2 rings (SSSR count). The second kappa shape index (κ2) is 9.47. The predicted octanol–water partition coefficient (Wildman–Crippen LogP) is 3.26. The third kappa shape index (κ3) is 5.95. The molecule has 0 heterocycles. The first-order valence-electron chi connectivity index (χ1n) is 8.32. The molecule has 25 heavy (non-hydrogen) atoms. The monoisotopic (exact) mass is 341 g/mol. The van der Waals surface area contributed by atoms with Crippen LogP contribution in [0, 0.1) is 0 Å². The van der Waals surface area contributed by atoms with Crippen LogP contribution < -0.4 is 10.1 Å². The number of para-hydroxylation sites is 1. The Bertz CT molecular complexity index is 673. The molecular formula is C20H23NO4. The first-order valence-corrected chi connectivity index (χ1v) is 8.32. The zero-order valence-corrected chi connectivity index (χ0v) is 14.5. The van der Waals surface area contributed by atoms with E-state index in [-0.39, 0.29) is 18.3 Å². The quantitative estimate of drug-likeness (QED) is 0.749. The summed E-state index contributed by atoms with van der Waals surface area (Å²) in [4.78, 5) is 24.3. The van der Waals surface area contributed by atoms with Gasteiger partial charge in [0.15, 0.2) is 6.10 Å². The number of nitrogens with one attached hydrogen (secondary N) is 1. The minimum Gasteiger partial charge on any atom is -0.481 e. The molecule has 2 atom stereocenters. The molecular weight excluding hydrogens is 318 g/mol. The van der Waals surface area contributed by atoms with Crippen molar-refractivity contribution >= 4 is 11.9 Å². The third-order valence-electron chi connectivity index (χ3n) is 3.62. The molecule has 0 saturated heterocycles. The number of benzene rings is 2. The molecule has 5 nitrogen and oxygen atoms in total. The van der Waals surface area contributed by atoms with E-state index in [0.717, 1.165) is 5.56 Å². The molecule has 0 radical (unpaired) electrons. The van der Waals surface area contributed by atoms with E-state index < -0.39 is 12.1 Å². The van der Waals surface area contributed by atoms with Gasteiger partial charge in [-0.3, -0.25) is 9.59 Å². The number of hydrogen-bond acceptors (Lipinski definition) is 4. The smallest absolute Gasteiger partial charge is 0.308 e. The molecule has 1 amide bonds. The Hall–Kier alpha value is -2.82. The van der Waals surface area contributed by atoms with E-state index in [1.165, 1.54) is 0 Å². The van der Waals surface area contributed by atoms with Gasteiger partial charge in [-0.1, -0.05) is 48.5 Å². The Balaban J connectivity index is 2.04. The van der Waals surface area contributed by atoms with Gasteiger partial charge in [-0.2, -0.15) is 0 Å². The highest BCUT2D eigenvalue weighted by molar-refractivity contribution is 5.82. The minimum absolute atomic E-state index is 0.0711. The van der Waals surface area contributed by atoms with Crippen LogP contribution in [0.2, 0.25) is 0 Å². The van der Waals surface area contributed by atoms with Gasteiger partial charge < -0.3 is 14.8 Å². The van der Waals surface area contributed by atoms with E-state index >= 15 is 0 Å². The van der Waals surface area contributed by atoms with Crippen molar-refractivity contribution in [2.45, 2.75) is 32.4 Å². The fourth-order valence-electron chi connectivity index (χ4n) is 2.37. The van der Waals surface area contributed by atoms with Crippen LogP contribution in [0.5, 0.6) is 5.75 Å². The standard InChI is InChI=1S/C20H23NO4/c1-3-24-19(22)14-18(16-10-6-4-7-11-16)21-20(23)15(2)25-17-12-8-5-9-13-17/h4-13,15,18H,3,14H2,1-2H3,(H,21,23)/t15-,18+/m1/s1. The second-order valence-electron chi connectivity index (χ2n) is 5.55. The number of esters is 1. The Morgan fingerprint density at radius 3 is 2.20 bits per heavy atom. The normalized spacial score (nSPS) is 12.7. The average molecular weight is 341 g/mol. The Morgan fingerprint density at radius 1 is 1.00 bits per heavy atom. The summed E-state index contributed by atoms with van der Waals surface area (Å²) >= 11 is 0. The molecule has 0 fully saturated rings. The maximum Gasteiger partial charge on any atom is 0.308 e. The van der Waals surface area contributed by atoms with Crippen molar-refractivity contribution in [3.05, 3.63) is 66.2 Å². The van der Waals surface area contributed by atoms with Gasteiger partial charge in [0.1, 0.15) is 5.75 Å². The predicted molar refractivity (Wildman–Crippen MR) is 95.1 cm³/mol. The highest BCUT2D eigenvalue weighted by Gasteiger charge is 2.23. The Morgan fingerprint density at radius 2 is 1.60 bits per heavy atom. The first kappa shape index (κ1) is 18.5. The van der Waals surface area contributed by atoms with Gasteiger partial charge in [-0.05, 0) is 31.5 Å². The molecule has 0 aromatic heterocycles. The van der Waals surface area contributed by atoms with Crippen LogP contribution >= 0.6 is 0 Å². The van der Waals surface area contributed by atoms with Crippen LogP contribution in [0.3, 0.4) is 0 Å². The van der Waals surface area contributed by atoms with Crippen LogP contribution in [-0.2, 0) is 14.3 Å². The molecule has 5 heteroatoms. The Labute approximate surface area is 148 Å². The molecule has 0 saturated carbocycles. The zero-order chi connectivity index (χ0) is 18.1. The number of carbonyl (C=O) groups is 2. The number of carbonyl (C=O) groups excluding carboxylic acids is 2. The molecule has 2 aromatic carbocycles. The van der Waals surface area contributed by atoms with Gasteiger partial charge in [0.05, 0.1) is 19.1 Å². The number of ether oxygens (including phenoxy) is 2. The summed E-state index contributed by atoms with van der Waals surface area (Å²) in [5, 5.41) is 2.88. The molecule has 0 unspecified atom stereocenters. The van der Waals surface area contributed by atoms with Crippen molar-refractivity contribution in [2.24, 2.45) is 0 Å². The van der Waals surface area contributed by atoms with E-state index in [2.05, 4.69) is 5.32 Å². The second-order valence-corrected chi connectivity index (χ2v) is 5.55. The van der Waals surface area contributed by atoms with Gasteiger partial charge in [0, 0.05) is 0 Å². The minimum atomic E-state index is -0.684. The number of amides is 1. The van der Waals surface area contributed by atoms with Gasteiger partial charge in [-0.15, -0.1) is 0 Å². The van der Waals surface area contributed by atoms with Gasteiger partial charge in [0.25, 0.3) is 5.91 Å². The molecule has 0 aliphatic rings. The summed E-state index contributed by atoms with van der Waals surface area (Å²) in [7, 11) is 0. The number of hydrogen-bond donors (Lipinski definition) is 1. The van der Waals surface area contributed by atoms with Crippen LogP contribution in [0.15, 0.2) is 60.7 Å². The van der Waals surface area contributed by atoms with E-state index in [9.17, 15) is 9.59 Å². The molecule has 1 N–H and O–H groups in total. The lowest BCUT2D eigenvalue weighted by Gasteiger charge is -2.21. The van der Waals surface area contributed by atoms with Crippen molar-refractivity contribution in [3.63, 3.8) is 0 Å². The van der Waals surface area contributed by atoms with E-state index in [4.69, 9.17) is 9.47 Å². The topological polar surface area (TPSA) is 64.6 Å². The van der Waals surface area contributed by atoms with E-state index in [0.29, 0.717) is 12.4 Å². The lowest BCUT2D eigenvalue weighted by atomic mass is 10.0. The van der Waals surface area contributed by atoms with Crippen molar-refractivity contribution in [1.82, 2.24) is 5.32 Å². The summed E-state index contributed by atoms with van der Waals surface area (Å²) in [6, 6.07) is 18.0. The highest BCUT2D eigenvalue weighted by Crippen LogP contribution is 2.18. The van der Waals surface area contributed by atoms with Crippen molar-refractivity contribution in [2.75, 3.05) is 6.61 Å².